The van der Waals surface area contributed by atoms with Crippen molar-refractivity contribution in [2.45, 2.75) is 91.4 Å². The van der Waals surface area contributed by atoms with Crippen molar-refractivity contribution < 1.29 is 23.8 Å². The summed E-state index contributed by atoms with van der Waals surface area (Å²) < 4.78 is 16.9. The molecular weight excluding hydrogens is 685 g/mol. The number of benzene rings is 4. The summed E-state index contributed by atoms with van der Waals surface area (Å²) in [6, 6.07) is 30.3. The molecule has 0 spiro atoms. The lowest BCUT2D eigenvalue weighted by molar-refractivity contribution is -0.137. The van der Waals surface area contributed by atoms with Gasteiger partial charge in [-0.15, -0.1) is 0 Å². The minimum Gasteiger partial charge on any atom is -0.494 e. The summed E-state index contributed by atoms with van der Waals surface area (Å²) >= 11 is 0. The second-order valence-electron chi connectivity index (χ2n) is 13.8. The molecule has 0 radical (unpaired) electrons. The van der Waals surface area contributed by atoms with Gasteiger partial charge in [-0.05, 0) is 136 Å². The van der Waals surface area contributed by atoms with E-state index in [-0.39, 0.29) is 5.97 Å². The fourth-order valence-electron chi connectivity index (χ4n) is 6.01. The van der Waals surface area contributed by atoms with Gasteiger partial charge in [-0.3, -0.25) is 4.99 Å². The molecule has 4 aromatic carbocycles. The highest BCUT2D eigenvalue weighted by Gasteiger charge is 2.12. The van der Waals surface area contributed by atoms with Gasteiger partial charge in [-0.25, -0.2) is 9.59 Å². The zero-order chi connectivity index (χ0) is 39.1. The van der Waals surface area contributed by atoms with E-state index in [0.717, 1.165) is 68.5 Å². The number of hydrogen-bond donors (Lipinski definition) is 1. The summed E-state index contributed by atoms with van der Waals surface area (Å²) in [5.74, 6) is 1.27. The van der Waals surface area contributed by atoms with Crippen molar-refractivity contribution >= 4 is 29.5 Å². The highest BCUT2D eigenvalue weighted by Crippen LogP contribution is 2.25. The zero-order valence-electron chi connectivity index (χ0n) is 33.0. The monoisotopic (exact) mass is 742 g/mol. The normalized spacial score (nSPS) is 11.4. The lowest BCUT2D eigenvalue weighted by Gasteiger charge is -2.11. The Labute approximate surface area is 328 Å². The Bertz CT molecular complexity index is 1840. The number of anilines is 1. The molecule has 1 N–H and O–H groups in total. The molecule has 0 fully saturated rings. The van der Waals surface area contributed by atoms with Crippen LogP contribution in [0.25, 0.3) is 6.08 Å². The van der Waals surface area contributed by atoms with E-state index >= 15 is 0 Å². The maximum atomic E-state index is 13.3. The molecule has 0 amide bonds. The Kier molecular flexibility index (Phi) is 18.5. The number of hydrogen-bond acceptors (Lipinski definition) is 6. The lowest BCUT2D eigenvalue weighted by Crippen LogP contribution is -2.09. The minimum absolute atomic E-state index is 0.387. The van der Waals surface area contributed by atoms with Gasteiger partial charge < -0.3 is 19.5 Å². The Morgan fingerprint density at radius 2 is 1.47 bits per heavy atom. The number of nitrogens with one attached hydrogen (secondary N) is 1. The van der Waals surface area contributed by atoms with Crippen LogP contribution in [0.15, 0.2) is 115 Å². The number of carbonyl (C=O) groups excluding carboxylic acids is 2. The predicted octanol–water partition coefficient (Wildman–Crippen LogP) is 11.3. The van der Waals surface area contributed by atoms with Gasteiger partial charge in [0, 0.05) is 23.9 Å². The van der Waals surface area contributed by atoms with Crippen molar-refractivity contribution in [2.75, 3.05) is 25.1 Å². The fourth-order valence-corrected chi connectivity index (χ4v) is 6.01. The lowest BCUT2D eigenvalue weighted by atomic mass is 9.99. The van der Waals surface area contributed by atoms with Gasteiger partial charge in [0.1, 0.15) is 11.5 Å². The van der Waals surface area contributed by atoms with Crippen LogP contribution in [0.1, 0.15) is 103 Å². The summed E-state index contributed by atoms with van der Waals surface area (Å²) in [7, 11) is 0. The molecule has 7 nitrogen and oxygen atoms in total. The third-order valence-corrected chi connectivity index (χ3v) is 9.28. The predicted molar refractivity (Wildman–Crippen MR) is 226 cm³/mol. The summed E-state index contributed by atoms with van der Waals surface area (Å²) in [6.45, 7) is 11.3. The molecule has 0 saturated heterocycles. The van der Waals surface area contributed by atoms with Crippen LogP contribution in [0.5, 0.6) is 11.5 Å². The van der Waals surface area contributed by atoms with E-state index in [4.69, 9.17) is 19.2 Å². The molecule has 0 atom stereocenters. The van der Waals surface area contributed by atoms with Crippen LogP contribution in [0.3, 0.4) is 0 Å². The number of carbonyl (C=O) groups is 2. The first kappa shape index (κ1) is 42.3. The quantitative estimate of drug-likeness (QED) is 0.0203. The zero-order valence-corrected chi connectivity index (χ0v) is 33.0. The number of aryl methyl sites for hydroxylation is 4. The standard InChI is InChI=1S/C48H58N2O5/c1-5-7-10-18-39-21-23-40(24-22-39)25-26-41-27-32-46(43(36-41)19-13-14-33-49-38(4)50-45-20-12-11-17-37(45)3)55-48(52)42-28-30-44(31-29-42)53-34-15-8-9-16-35-54-47(51)6-2/h6,11-13,17,19-24,27-32,36H,2,5,7-10,14-16,18,25-26,33-35H2,1,3-4H3,(H,49,50)/b19-13-. The number of amidine groups is 1. The number of para-hydroxylation sites is 1. The van der Waals surface area contributed by atoms with Crippen molar-refractivity contribution in [1.82, 2.24) is 0 Å². The summed E-state index contributed by atoms with van der Waals surface area (Å²) in [5.41, 5.74) is 7.43. The second-order valence-corrected chi connectivity index (χ2v) is 13.8. The smallest absolute Gasteiger partial charge is 0.343 e. The van der Waals surface area contributed by atoms with Crippen molar-refractivity contribution in [3.63, 3.8) is 0 Å². The maximum Gasteiger partial charge on any atom is 0.343 e. The third kappa shape index (κ3) is 15.8. The topological polar surface area (TPSA) is 86.2 Å². The molecule has 0 bridgehead atoms. The molecule has 0 saturated carbocycles. The summed E-state index contributed by atoms with van der Waals surface area (Å²) in [5, 5.41) is 3.39. The summed E-state index contributed by atoms with van der Waals surface area (Å²) in [6.07, 6.45) is 16.3. The number of esters is 2. The van der Waals surface area contributed by atoms with Gasteiger partial charge in [-0.2, -0.15) is 0 Å². The van der Waals surface area contributed by atoms with Gasteiger partial charge in [0.2, 0.25) is 0 Å². The Morgan fingerprint density at radius 3 is 2.20 bits per heavy atom. The third-order valence-electron chi connectivity index (χ3n) is 9.28. The fraction of sp³-hybridized carbons (Fsp3) is 0.354. The maximum absolute atomic E-state index is 13.3. The molecular formula is C48H58N2O5. The summed E-state index contributed by atoms with van der Waals surface area (Å²) in [4.78, 5) is 29.1. The van der Waals surface area contributed by atoms with E-state index in [1.54, 1.807) is 24.3 Å². The Hall–Kier alpha value is -5.43. The van der Waals surface area contributed by atoms with Crippen LogP contribution in [0, 0.1) is 6.92 Å². The average Bonchev–Trinajstić information content (AvgIpc) is 3.20. The molecule has 0 aliphatic rings. The number of rotatable bonds is 23. The molecule has 290 valence electrons. The van der Waals surface area contributed by atoms with E-state index in [1.165, 1.54) is 47.6 Å². The Morgan fingerprint density at radius 1 is 0.782 bits per heavy atom. The largest absolute Gasteiger partial charge is 0.494 e. The van der Waals surface area contributed by atoms with Crippen LogP contribution in [0.4, 0.5) is 5.69 Å². The van der Waals surface area contributed by atoms with Crippen LogP contribution in [-0.4, -0.2) is 37.5 Å². The highest BCUT2D eigenvalue weighted by atomic mass is 16.5. The van der Waals surface area contributed by atoms with Crippen molar-refractivity contribution in [3.05, 3.63) is 143 Å². The molecule has 0 heterocycles. The first-order valence-electron chi connectivity index (χ1n) is 19.8. The van der Waals surface area contributed by atoms with Crippen molar-refractivity contribution in [3.8, 4) is 11.5 Å². The van der Waals surface area contributed by atoms with Crippen LogP contribution >= 0.6 is 0 Å². The van der Waals surface area contributed by atoms with E-state index in [2.05, 4.69) is 80.4 Å². The van der Waals surface area contributed by atoms with Gasteiger partial charge in [0.25, 0.3) is 0 Å². The molecule has 0 unspecified atom stereocenters. The first-order valence-corrected chi connectivity index (χ1v) is 19.8. The number of unbranched alkanes of at least 4 members (excludes halogenated alkanes) is 5. The molecule has 55 heavy (non-hydrogen) atoms. The van der Waals surface area contributed by atoms with E-state index in [0.29, 0.717) is 36.8 Å². The van der Waals surface area contributed by atoms with Crippen LogP contribution < -0.4 is 14.8 Å². The van der Waals surface area contributed by atoms with Crippen LogP contribution in [-0.2, 0) is 28.8 Å². The number of nitrogens with zero attached hydrogens (tertiary/aromatic N) is 1. The van der Waals surface area contributed by atoms with E-state index in [9.17, 15) is 9.59 Å². The number of aliphatic imine (C=N–C) groups is 1. The van der Waals surface area contributed by atoms with Gasteiger partial charge in [-0.1, -0.05) is 87.0 Å². The average molecular weight is 743 g/mol. The molecule has 0 aliphatic heterocycles. The molecule has 4 rings (SSSR count). The minimum atomic E-state index is -0.423. The molecule has 0 aromatic heterocycles. The SMILES string of the molecule is C=CC(=O)OCCCCCCOc1ccc(C(=O)Oc2ccc(CCc3ccc(CCCCC)cc3)cc2/C=C\CCN=C(C)Nc2ccccc2C)cc1. The first-order chi connectivity index (χ1) is 26.8. The van der Waals surface area contributed by atoms with E-state index < -0.39 is 5.97 Å². The molecule has 0 aliphatic carbocycles. The Balaban J connectivity index is 1.34. The van der Waals surface area contributed by atoms with E-state index in [1.807, 2.05) is 31.2 Å². The highest BCUT2D eigenvalue weighted by molar-refractivity contribution is 5.94. The van der Waals surface area contributed by atoms with Crippen LogP contribution in [0.2, 0.25) is 0 Å². The second kappa shape index (κ2) is 24.1. The van der Waals surface area contributed by atoms with Gasteiger partial charge in [0.05, 0.1) is 24.6 Å². The van der Waals surface area contributed by atoms with Gasteiger partial charge in [0.15, 0.2) is 0 Å². The van der Waals surface area contributed by atoms with Gasteiger partial charge >= 0.3 is 11.9 Å². The van der Waals surface area contributed by atoms with Crippen molar-refractivity contribution in [1.29, 1.82) is 0 Å². The van der Waals surface area contributed by atoms with Crippen molar-refractivity contribution in [2.24, 2.45) is 4.99 Å². The number of ether oxygens (including phenoxy) is 3. The molecule has 4 aromatic rings. The molecule has 7 heteroatoms.